The van der Waals surface area contributed by atoms with Gasteiger partial charge in [-0.1, -0.05) is 6.42 Å². The van der Waals surface area contributed by atoms with Crippen molar-refractivity contribution in [3.05, 3.63) is 23.8 Å². The molecule has 0 amide bonds. The molecule has 2 fully saturated rings. The van der Waals surface area contributed by atoms with Gasteiger partial charge in [-0.2, -0.15) is 0 Å². The Labute approximate surface area is 108 Å². The van der Waals surface area contributed by atoms with Crippen LogP contribution < -0.4 is 0 Å². The van der Waals surface area contributed by atoms with Crippen molar-refractivity contribution in [3.63, 3.8) is 0 Å². The van der Waals surface area contributed by atoms with E-state index < -0.39 is 5.60 Å². The molecular formula is C14H21N3O. The largest absolute Gasteiger partial charge is 0.383 e. The molecule has 0 aromatic carbocycles. The molecule has 2 saturated heterocycles. The molecule has 2 bridgehead atoms. The molecule has 0 radical (unpaired) electrons. The number of fused-ring (bicyclic) bond motifs is 2. The van der Waals surface area contributed by atoms with Gasteiger partial charge in [0.05, 0.1) is 17.6 Å². The van der Waals surface area contributed by atoms with Gasteiger partial charge in [0.25, 0.3) is 0 Å². The maximum absolute atomic E-state index is 11.0. The van der Waals surface area contributed by atoms with Crippen molar-refractivity contribution in [3.8, 4) is 0 Å². The summed E-state index contributed by atoms with van der Waals surface area (Å²) in [5, 5.41) is 11.0. The highest BCUT2D eigenvalue weighted by Crippen LogP contribution is 2.42. The van der Waals surface area contributed by atoms with E-state index in [0.29, 0.717) is 12.1 Å². The van der Waals surface area contributed by atoms with Gasteiger partial charge < -0.3 is 10.0 Å². The van der Waals surface area contributed by atoms with E-state index in [-0.39, 0.29) is 0 Å². The van der Waals surface area contributed by atoms with E-state index in [4.69, 9.17) is 0 Å². The van der Waals surface area contributed by atoms with Crippen LogP contribution in [0.4, 0.5) is 0 Å². The molecule has 2 atom stereocenters. The average molecular weight is 247 g/mol. The van der Waals surface area contributed by atoms with Gasteiger partial charge in [0.15, 0.2) is 0 Å². The van der Waals surface area contributed by atoms with Crippen molar-refractivity contribution in [1.82, 2.24) is 14.9 Å². The van der Waals surface area contributed by atoms with Crippen LogP contribution in [0.1, 0.15) is 43.5 Å². The molecule has 4 nitrogen and oxygen atoms in total. The van der Waals surface area contributed by atoms with E-state index in [1.807, 2.05) is 6.92 Å². The summed E-state index contributed by atoms with van der Waals surface area (Å²) in [5.74, 6) is 0. The van der Waals surface area contributed by atoms with Crippen LogP contribution in [0.3, 0.4) is 0 Å². The normalized spacial score (nSPS) is 36.6. The molecule has 18 heavy (non-hydrogen) atoms. The number of aliphatic hydroxyl groups is 1. The Morgan fingerprint density at radius 1 is 1.28 bits per heavy atom. The summed E-state index contributed by atoms with van der Waals surface area (Å²) >= 11 is 0. The predicted molar refractivity (Wildman–Crippen MR) is 69.1 cm³/mol. The number of hydrogen-bond acceptors (Lipinski definition) is 4. The van der Waals surface area contributed by atoms with Crippen LogP contribution in [0.5, 0.6) is 0 Å². The number of rotatable bonds is 1. The minimum absolute atomic E-state index is 0.491. The lowest BCUT2D eigenvalue weighted by Crippen LogP contribution is -2.55. The number of aryl methyl sites for hydroxylation is 1. The van der Waals surface area contributed by atoms with Crippen LogP contribution in [0.15, 0.2) is 12.4 Å². The number of nitrogens with zero attached hydrogens (tertiary/aromatic N) is 3. The lowest BCUT2D eigenvalue weighted by molar-refractivity contribution is -0.0901. The fourth-order valence-electron chi connectivity index (χ4n) is 3.55. The standard InChI is InChI=1S/C14H21N3O/c1-10-8-15-9-13(16-10)14(18)6-11-4-3-5-12(7-14)17(11)2/h8-9,11-12,18H,3-7H2,1-2H3. The second-order valence-corrected chi connectivity index (χ2v) is 5.89. The molecule has 3 heterocycles. The van der Waals surface area contributed by atoms with Gasteiger partial charge in [-0.15, -0.1) is 0 Å². The van der Waals surface area contributed by atoms with Crippen LogP contribution in [0, 0.1) is 6.92 Å². The van der Waals surface area contributed by atoms with Crippen LogP contribution >= 0.6 is 0 Å². The van der Waals surface area contributed by atoms with Gasteiger partial charge >= 0.3 is 0 Å². The summed E-state index contributed by atoms with van der Waals surface area (Å²) in [6.45, 7) is 1.93. The molecule has 2 aliphatic heterocycles. The molecule has 98 valence electrons. The van der Waals surface area contributed by atoms with E-state index in [9.17, 15) is 5.11 Å². The fourth-order valence-corrected chi connectivity index (χ4v) is 3.55. The summed E-state index contributed by atoms with van der Waals surface area (Å²) in [6.07, 6.45) is 8.71. The van der Waals surface area contributed by atoms with Crippen molar-refractivity contribution >= 4 is 0 Å². The van der Waals surface area contributed by atoms with Crippen molar-refractivity contribution in [1.29, 1.82) is 0 Å². The zero-order chi connectivity index (χ0) is 12.8. The third-order valence-electron chi connectivity index (χ3n) is 4.61. The Kier molecular flexibility index (Phi) is 2.87. The summed E-state index contributed by atoms with van der Waals surface area (Å²) in [4.78, 5) is 11.1. The van der Waals surface area contributed by atoms with Crippen molar-refractivity contribution in [2.75, 3.05) is 7.05 Å². The van der Waals surface area contributed by atoms with Gasteiger partial charge in [-0.05, 0) is 39.7 Å². The minimum Gasteiger partial charge on any atom is -0.383 e. The Morgan fingerprint density at radius 3 is 2.56 bits per heavy atom. The molecule has 1 aromatic heterocycles. The summed E-state index contributed by atoms with van der Waals surface area (Å²) in [7, 11) is 2.19. The highest BCUT2D eigenvalue weighted by Gasteiger charge is 2.45. The smallest absolute Gasteiger partial charge is 0.111 e. The third kappa shape index (κ3) is 1.93. The van der Waals surface area contributed by atoms with Gasteiger partial charge in [-0.3, -0.25) is 9.97 Å². The zero-order valence-corrected chi connectivity index (χ0v) is 11.1. The first-order valence-electron chi connectivity index (χ1n) is 6.82. The SMILES string of the molecule is Cc1cncc(C2(O)CC3CCCC(C2)N3C)n1. The van der Waals surface area contributed by atoms with E-state index in [0.717, 1.165) is 24.2 Å². The van der Waals surface area contributed by atoms with E-state index >= 15 is 0 Å². The second-order valence-electron chi connectivity index (χ2n) is 5.89. The molecule has 1 N–H and O–H groups in total. The maximum Gasteiger partial charge on any atom is 0.111 e. The van der Waals surface area contributed by atoms with Crippen LogP contribution in [-0.4, -0.2) is 39.1 Å². The van der Waals surface area contributed by atoms with Crippen LogP contribution in [0.25, 0.3) is 0 Å². The van der Waals surface area contributed by atoms with Gasteiger partial charge in [0.1, 0.15) is 5.60 Å². The Balaban J connectivity index is 1.92. The quantitative estimate of drug-likeness (QED) is 0.819. The van der Waals surface area contributed by atoms with Gasteiger partial charge in [0, 0.05) is 18.3 Å². The summed E-state index contributed by atoms with van der Waals surface area (Å²) in [6, 6.07) is 0.981. The fraction of sp³-hybridized carbons (Fsp3) is 0.714. The lowest BCUT2D eigenvalue weighted by Gasteiger charge is -2.50. The molecule has 0 aliphatic carbocycles. The first-order valence-corrected chi connectivity index (χ1v) is 6.82. The van der Waals surface area contributed by atoms with Gasteiger partial charge in [-0.25, -0.2) is 0 Å². The topological polar surface area (TPSA) is 49.3 Å². The molecule has 1 aromatic rings. The van der Waals surface area contributed by atoms with E-state index in [2.05, 4.69) is 21.9 Å². The highest BCUT2D eigenvalue weighted by molar-refractivity contribution is 5.15. The summed E-state index contributed by atoms with van der Waals surface area (Å²) < 4.78 is 0. The molecule has 0 spiro atoms. The van der Waals surface area contributed by atoms with Crippen LogP contribution in [-0.2, 0) is 5.60 Å². The number of aromatic nitrogens is 2. The molecule has 3 rings (SSSR count). The Hall–Kier alpha value is -1.00. The van der Waals surface area contributed by atoms with Gasteiger partial charge in [0.2, 0.25) is 0 Å². The first-order chi connectivity index (χ1) is 8.58. The van der Waals surface area contributed by atoms with Crippen LogP contribution in [0.2, 0.25) is 0 Å². The molecule has 2 unspecified atom stereocenters. The van der Waals surface area contributed by atoms with E-state index in [1.54, 1.807) is 12.4 Å². The number of piperidine rings is 2. The average Bonchev–Trinajstić information content (AvgIpc) is 2.31. The number of hydrogen-bond donors (Lipinski definition) is 1. The maximum atomic E-state index is 11.0. The lowest BCUT2D eigenvalue weighted by atomic mass is 9.74. The van der Waals surface area contributed by atoms with E-state index in [1.165, 1.54) is 19.3 Å². The second kappa shape index (κ2) is 4.28. The molecule has 4 heteroatoms. The first kappa shape index (κ1) is 12.1. The summed E-state index contributed by atoms with van der Waals surface area (Å²) in [5.41, 5.74) is 0.860. The Bertz CT molecular complexity index is 434. The molecule has 0 saturated carbocycles. The molecular weight excluding hydrogens is 226 g/mol. The zero-order valence-electron chi connectivity index (χ0n) is 11.1. The molecule has 2 aliphatic rings. The van der Waals surface area contributed by atoms with Crippen molar-refractivity contribution in [2.45, 2.75) is 56.7 Å². The minimum atomic E-state index is -0.777. The predicted octanol–water partition coefficient (Wildman–Crippen LogP) is 1.62. The Morgan fingerprint density at radius 2 is 1.94 bits per heavy atom. The highest BCUT2D eigenvalue weighted by atomic mass is 16.3. The monoisotopic (exact) mass is 247 g/mol. The van der Waals surface area contributed by atoms with Crippen molar-refractivity contribution in [2.24, 2.45) is 0 Å². The van der Waals surface area contributed by atoms with Crippen molar-refractivity contribution < 1.29 is 5.11 Å². The third-order valence-corrected chi connectivity index (χ3v) is 4.61.